The van der Waals surface area contributed by atoms with Gasteiger partial charge in [0.2, 0.25) is 5.91 Å². The maximum Gasteiger partial charge on any atom is 0.278 e. The molecule has 0 radical (unpaired) electrons. The van der Waals surface area contributed by atoms with Crippen LogP contribution in [-0.2, 0) is 17.8 Å². The molecule has 128 valence electrons. The Morgan fingerprint density at radius 2 is 1.96 bits per heavy atom. The number of nitrogens with zero attached hydrogens (tertiary/aromatic N) is 1. The lowest BCUT2D eigenvalue weighted by Gasteiger charge is -2.07. The van der Waals surface area contributed by atoms with Gasteiger partial charge in [0.1, 0.15) is 11.6 Å². The fraction of sp³-hybridized carbons (Fsp3) is 0.158. The van der Waals surface area contributed by atoms with Crippen LogP contribution >= 0.6 is 11.3 Å². The summed E-state index contributed by atoms with van der Waals surface area (Å²) >= 11 is 1.42. The number of halogens is 1. The molecule has 1 N–H and O–H groups in total. The first-order valence-electron chi connectivity index (χ1n) is 7.87. The number of amides is 1. The normalized spacial score (nSPS) is 10.4. The SMILES string of the molecule is O=C(CCc1ccccc1F)NCc1ccc(Oc2nccs2)cc1. The van der Waals surface area contributed by atoms with Crippen LogP contribution in [0.25, 0.3) is 0 Å². The third-order valence-electron chi connectivity index (χ3n) is 3.61. The average molecular weight is 356 g/mol. The topological polar surface area (TPSA) is 51.2 Å². The van der Waals surface area contributed by atoms with Gasteiger partial charge >= 0.3 is 0 Å². The molecule has 0 saturated heterocycles. The molecule has 0 atom stereocenters. The summed E-state index contributed by atoms with van der Waals surface area (Å²) < 4.78 is 19.1. The molecule has 0 bridgehead atoms. The van der Waals surface area contributed by atoms with Crippen LogP contribution in [0.1, 0.15) is 17.5 Å². The van der Waals surface area contributed by atoms with Gasteiger partial charge in [0.05, 0.1) is 0 Å². The first-order chi connectivity index (χ1) is 12.2. The van der Waals surface area contributed by atoms with Crippen LogP contribution in [0.4, 0.5) is 4.39 Å². The smallest absolute Gasteiger partial charge is 0.278 e. The second-order valence-corrected chi connectivity index (χ2v) is 6.27. The zero-order chi connectivity index (χ0) is 17.5. The molecular formula is C19H17FN2O2S. The number of rotatable bonds is 7. The van der Waals surface area contributed by atoms with Crippen molar-refractivity contribution in [1.29, 1.82) is 0 Å². The second-order valence-electron chi connectivity index (χ2n) is 5.41. The quantitative estimate of drug-likeness (QED) is 0.686. The van der Waals surface area contributed by atoms with Gasteiger partial charge in [-0.3, -0.25) is 4.79 Å². The zero-order valence-corrected chi connectivity index (χ0v) is 14.3. The molecule has 1 aromatic heterocycles. The van der Waals surface area contributed by atoms with Crippen LogP contribution in [0.5, 0.6) is 10.9 Å². The summed E-state index contributed by atoms with van der Waals surface area (Å²) in [4.78, 5) is 16.0. The number of hydrogen-bond donors (Lipinski definition) is 1. The lowest BCUT2D eigenvalue weighted by molar-refractivity contribution is -0.121. The van der Waals surface area contributed by atoms with E-state index in [1.54, 1.807) is 24.4 Å². The third-order valence-corrected chi connectivity index (χ3v) is 4.26. The highest BCUT2D eigenvalue weighted by atomic mass is 32.1. The first-order valence-corrected chi connectivity index (χ1v) is 8.75. The minimum Gasteiger partial charge on any atom is -0.431 e. The molecule has 0 saturated carbocycles. The Morgan fingerprint density at radius 1 is 1.16 bits per heavy atom. The number of hydrogen-bond acceptors (Lipinski definition) is 4. The predicted octanol–water partition coefficient (Wildman–Crippen LogP) is 4.32. The molecule has 2 aromatic carbocycles. The number of thiazole rings is 1. The van der Waals surface area contributed by atoms with Gasteiger partial charge in [-0.05, 0) is 35.7 Å². The Morgan fingerprint density at radius 3 is 2.68 bits per heavy atom. The van der Waals surface area contributed by atoms with Crippen molar-refractivity contribution in [2.75, 3.05) is 0 Å². The van der Waals surface area contributed by atoms with Crippen LogP contribution in [0.2, 0.25) is 0 Å². The molecule has 1 amide bonds. The molecule has 25 heavy (non-hydrogen) atoms. The summed E-state index contributed by atoms with van der Waals surface area (Å²) in [5.41, 5.74) is 1.52. The highest BCUT2D eigenvalue weighted by Crippen LogP contribution is 2.23. The van der Waals surface area contributed by atoms with E-state index in [4.69, 9.17) is 4.74 Å². The zero-order valence-electron chi connectivity index (χ0n) is 13.4. The molecule has 0 spiro atoms. The van der Waals surface area contributed by atoms with Gasteiger partial charge in [-0.15, -0.1) is 0 Å². The summed E-state index contributed by atoms with van der Waals surface area (Å²) in [6, 6.07) is 14.0. The Kier molecular flexibility index (Phi) is 5.74. The van der Waals surface area contributed by atoms with Crippen molar-refractivity contribution in [3.8, 4) is 10.9 Å². The fourth-order valence-electron chi connectivity index (χ4n) is 2.28. The summed E-state index contributed by atoms with van der Waals surface area (Å²) in [5, 5.41) is 5.28. The number of ether oxygens (including phenoxy) is 1. The van der Waals surface area contributed by atoms with E-state index in [9.17, 15) is 9.18 Å². The molecule has 0 aliphatic heterocycles. The Bertz CT molecular complexity index is 820. The number of benzene rings is 2. The van der Waals surface area contributed by atoms with E-state index in [1.807, 2.05) is 29.6 Å². The van der Waals surface area contributed by atoms with Crippen molar-refractivity contribution in [1.82, 2.24) is 10.3 Å². The summed E-state index contributed by atoms with van der Waals surface area (Å²) in [6.07, 6.45) is 2.33. The number of aromatic nitrogens is 1. The maximum atomic E-state index is 13.5. The largest absolute Gasteiger partial charge is 0.431 e. The standard InChI is InChI=1S/C19H17FN2O2S/c20-17-4-2-1-3-15(17)7-10-18(23)22-13-14-5-8-16(9-6-14)24-19-21-11-12-25-19/h1-6,8-9,11-12H,7,10,13H2,(H,22,23). The van der Waals surface area contributed by atoms with Crippen LogP contribution in [0.15, 0.2) is 60.1 Å². The van der Waals surface area contributed by atoms with Gasteiger partial charge in [-0.2, -0.15) is 0 Å². The van der Waals surface area contributed by atoms with E-state index >= 15 is 0 Å². The molecule has 0 aliphatic carbocycles. The molecule has 3 aromatic rings. The second kappa shape index (κ2) is 8.39. The van der Waals surface area contributed by atoms with Gasteiger partial charge in [-0.25, -0.2) is 9.37 Å². The average Bonchev–Trinajstić information content (AvgIpc) is 3.13. The third kappa shape index (κ3) is 5.12. The fourth-order valence-corrected chi connectivity index (χ4v) is 2.78. The minimum atomic E-state index is -0.272. The number of carbonyl (C=O) groups excluding carboxylic acids is 1. The highest BCUT2D eigenvalue weighted by molar-refractivity contribution is 7.11. The van der Waals surface area contributed by atoms with Gasteiger partial charge in [0, 0.05) is 24.5 Å². The van der Waals surface area contributed by atoms with Gasteiger partial charge in [-0.1, -0.05) is 41.7 Å². The summed E-state index contributed by atoms with van der Waals surface area (Å²) in [6.45, 7) is 0.424. The molecule has 0 unspecified atom stereocenters. The predicted molar refractivity (Wildman–Crippen MR) is 95.2 cm³/mol. The van der Waals surface area contributed by atoms with Crippen LogP contribution in [0, 0.1) is 5.82 Å². The van der Waals surface area contributed by atoms with Crippen molar-refractivity contribution < 1.29 is 13.9 Å². The van der Waals surface area contributed by atoms with Gasteiger partial charge < -0.3 is 10.1 Å². The number of aryl methyl sites for hydroxylation is 1. The molecule has 6 heteroatoms. The summed E-state index contributed by atoms with van der Waals surface area (Å²) in [5.74, 6) is 0.321. The molecule has 3 rings (SSSR count). The van der Waals surface area contributed by atoms with Gasteiger partial charge in [0.15, 0.2) is 0 Å². The van der Waals surface area contributed by atoms with E-state index in [0.29, 0.717) is 29.5 Å². The van der Waals surface area contributed by atoms with Crippen molar-refractivity contribution in [3.05, 3.63) is 77.1 Å². The monoisotopic (exact) mass is 356 g/mol. The van der Waals surface area contributed by atoms with Crippen molar-refractivity contribution in [2.45, 2.75) is 19.4 Å². The molecule has 4 nitrogen and oxygen atoms in total. The maximum absolute atomic E-state index is 13.5. The Labute approximate surface area is 149 Å². The van der Waals surface area contributed by atoms with E-state index in [-0.39, 0.29) is 18.1 Å². The molecule has 1 heterocycles. The van der Waals surface area contributed by atoms with Crippen molar-refractivity contribution >= 4 is 17.2 Å². The Balaban J connectivity index is 1.45. The van der Waals surface area contributed by atoms with Crippen LogP contribution in [0.3, 0.4) is 0 Å². The van der Waals surface area contributed by atoms with E-state index < -0.39 is 0 Å². The van der Waals surface area contributed by atoms with E-state index in [0.717, 1.165) is 5.56 Å². The van der Waals surface area contributed by atoms with Crippen LogP contribution in [-0.4, -0.2) is 10.9 Å². The number of carbonyl (C=O) groups is 1. The minimum absolute atomic E-state index is 0.105. The molecule has 0 fully saturated rings. The lowest BCUT2D eigenvalue weighted by Crippen LogP contribution is -2.23. The van der Waals surface area contributed by atoms with Crippen molar-refractivity contribution in [3.63, 3.8) is 0 Å². The Hall–Kier alpha value is -2.73. The van der Waals surface area contributed by atoms with E-state index in [1.165, 1.54) is 17.4 Å². The van der Waals surface area contributed by atoms with E-state index in [2.05, 4.69) is 10.3 Å². The van der Waals surface area contributed by atoms with Crippen LogP contribution < -0.4 is 10.1 Å². The summed E-state index contributed by atoms with van der Waals surface area (Å²) in [7, 11) is 0. The first kappa shape index (κ1) is 17.1. The van der Waals surface area contributed by atoms with Crippen molar-refractivity contribution in [2.24, 2.45) is 0 Å². The van der Waals surface area contributed by atoms with Gasteiger partial charge in [0.25, 0.3) is 5.19 Å². The lowest BCUT2D eigenvalue weighted by atomic mass is 10.1. The highest BCUT2D eigenvalue weighted by Gasteiger charge is 2.06. The molecular weight excluding hydrogens is 339 g/mol. The molecule has 0 aliphatic rings. The number of nitrogens with one attached hydrogen (secondary N) is 1.